The van der Waals surface area contributed by atoms with E-state index in [-0.39, 0.29) is 17.0 Å². The maximum absolute atomic E-state index is 13.7. The largest absolute Gasteiger partial charge is 0.481 e. The summed E-state index contributed by atoms with van der Waals surface area (Å²) in [5, 5.41) is 9.02. The van der Waals surface area contributed by atoms with Gasteiger partial charge in [-0.1, -0.05) is 12.1 Å². The summed E-state index contributed by atoms with van der Waals surface area (Å²) >= 11 is 0. The number of ketones is 1. The van der Waals surface area contributed by atoms with Crippen molar-refractivity contribution in [2.45, 2.75) is 38.5 Å². The van der Waals surface area contributed by atoms with Crippen LogP contribution in [-0.2, 0) is 22.4 Å². The number of carboxylic acid groups (broad SMARTS) is 1. The normalized spacial score (nSPS) is 29.2. The molecular weight excluding hydrogens is 259 g/mol. The average Bonchev–Trinajstić information content (AvgIpc) is 2.38. The molecule has 2 aliphatic rings. The molecule has 0 bridgehead atoms. The van der Waals surface area contributed by atoms with Crippen LogP contribution in [0.15, 0.2) is 18.2 Å². The van der Waals surface area contributed by atoms with Crippen molar-refractivity contribution in [3.63, 3.8) is 0 Å². The van der Waals surface area contributed by atoms with Crippen molar-refractivity contribution in [2.24, 2.45) is 11.3 Å². The van der Waals surface area contributed by atoms with Crippen molar-refractivity contribution in [1.82, 2.24) is 0 Å². The van der Waals surface area contributed by atoms with Gasteiger partial charge in [0.1, 0.15) is 17.5 Å². The summed E-state index contributed by atoms with van der Waals surface area (Å²) in [5.41, 5.74) is 1.60. The highest BCUT2D eigenvalue weighted by molar-refractivity contribution is 5.99. The maximum Gasteiger partial charge on any atom is 0.314 e. The van der Waals surface area contributed by atoms with Crippen LogP contribution in [-0.4, -0.2) is 16.9 Å². The van der Waals surface area contributed by atoms with E-state index in [4.69, 9.17) is 5.11 Å². The molecule has 2 aliphatic carbocycles. The molecular formula is C16H17FO3. The lowest BCUT2D eigenvalue weighted by atomic mass is 9.61. The molecule has 1 aromatic carbocycles. The Bertz CT molecular complexity index is 581. The highest BCUT2D eigenvalue weighted by atomic mass is 19.1. The maximum atomic E-state index is 13.7. The van der Waals surface area contributed by atoms with Gasteiger partial charge in [-0.05, 0) is 54.7 Å². The number of aliphatic carboxylic acids is 1. The number of hydrogen-bond acceptors (Lipinski definition) is 2. The fourth-order valence-electron chi connectivity index (χ4n) is 3.75. The molecule has 1 N–H and O–H groups in total. The molecule has 1 unspecified atom stereocenters. The lowest BCUT2D eigenvalue weighted by molar-refractivity contribution is -0.149. The first-order valence-corrected chi connectivity index (χ1v) is 7.03. The molecule has 1 saturated carbocycles. The van der Waals surface area contributed by atoms with E-state index in [1.807, 2.05) is 6.07 Å². The van der Waals surface area contributed by atoms with Crippen LogP contribution in [0.1, 0.15) is 36.8 Å². The van der Waals surface area contributed by atoms with Gasteiger partial charge in [-0.25, -0.2) is 4.39 Å². The molecule has 1 spiro atoms. The fraction of sp³-hybridized carbons (Fsp3) is 0.500. The van der Waals surface area contributed by atoms with Gasteiger partial charge in [-0.3, -0.25) is 9.59 Å². The predicted octanol–water partition coefficient (Wildman–Crippen LogP) is 2.75. The molecule has 0 heterocycles. The van der Waals surface area contributed by atoms with Crippen LogP contribution in [0.2, 0.25) is 0 Å². The Morgan fingerprint density at radius 2 is 2.10 bits per heavy atom. The minimum absolute atomic E-state index is 0.149. The molecule has 4 heteroatoms. The molecule has 1 fully saturated rings. The molecule has 106 valence electrons. The van der Waals surface area contributed by atoms with Gasteiger partial charge >= 0.3 is 5.97 Å². The minimum Gasteiger partial charge on any atom is -0.481 e. The number of fused-ring (bicyclic) bond motifs is 1. The third kappa shape index (κ3) is 2.13. The second-order valence-corrected chi connectivity index (χ2v) is 6.13. The number of rotatable bonds is 1. The van der Waals surface area contributed by atoms with Crippen molar-refractivity contribution in [3.05, 3.63) is 35.1 Å². The van der Waals surface area contributed by atoms with E-state index in [1.54, 1.807) is 6.07 Å². The highest BCUT2D eigenvalue weighted by Crippen LogP contribution is 2.46. The van der Waals surface area contributed by atoms with Crippen LogP contribution < -0.4 is 0 Å². The number of carboxylic acids is 1. The second-order valence-electron chi connectivity index (χ2n) is 6.13. The smallest absolute Gasteiger partial charge is 0.314 e. The van der Waals surface area contributed by atoms with Gasteiger partial charge in [0.15, 0.2) is 0 Å². The number of Topliss-reactive ketones (excluding diaryl/α,β-unsaturated/α-hetero) is 1. The lowest BCUT2D eigenvalue weighted by Crippen LogP contribution is -2.40. The quantitative estimate of drug-likeness (QED) is 0.802. The number of carbonyl (C=O) groups excluding carboxylic acids is 1. The Morgan fingerprint density at radius 1 is 1.30 bits per heavy atom. The standard InChI is InChI=1S/C16H17FO3/c17-13-3-1-2-10-8-16(6-4-11(10)13)7-5-12(15(19)20)14(18)9-16/h1-3,12H,4-9H2,(H,19,20)/t12?,16-/m1/s1. The van der Waals surface area contributed by atoms with Crippen molar-refractivity contribution < 1.29 is 19.1 Å². The van der Waals surface area contributed by atoms with Crippen molar-refractivity contribution in [1.29, 1.82) is 0 Å². The van der Waals surface area contributed by atoms with E-state index in [0.29, 0.717) is 25.7 Å². The molecule has 0 radical (unpaired) electrons. The third-order valence-electron chi connectivity index (χ3n) is 4.89. The minimum atomic E-state index is -1.01. The molecule has 2 atom stereocenters. The van der Waals surface area contributed by atoms with Crippen LogP contribution in [0.25, 0.3) is 0 Å². The molecule has 3 rings (SSSR count). The van der Waals surface area contributed by atoms with E-state index in [1.165, 1.54) is 6.07 Å². The van der Waals surface area contributed by atoms with Crippen LogP contribution in [0.5, 0.6) is 0 Å². The average molecular weight is 276 g/mol. The van der Waals surface area contributed by atoms with Crippen LogP contribution in [0.4, 0.5) is 4.39 Å². The van der Waals surface area contributed by atoms with Crippen LogP contribution in [0.3, 0.4) is 0 Å². The topological polar surface area (TPSA) is 54.4 Å². The number of carbonyl (C=O) groups is 2. The van der Waals surface area contributed by atoms with E-state index in [2.05, 4.69) is 0 Å². The van der Waals surface area contributed by atoms with Gasteiger partial charge in [-0.15, -0.1) is 0 Å². The highest BCUT2D eigenvalue weighted by Gasteiger charge is 2.44. The Kier molecular flexibility index (Phi) is 3.11. The summed E-state index contributed by atoms with van der Waals surface area (Å²) in [6.45, 7) is 0. The first-order valence-electron chi connectivity index (χ1n) is 7.03. The molecule has 0 saturated heterocycles. The van der Waals surface area contributed by atoms with Crippen LogP contribution in [0, 0.1) is 17.2 Å². The number of halogens is 1. The zero-order valence-electron chi connectivity index (χ0n) is 11.2. The molecule has 0 amide bonds. The molecule has 3 nitrogen and oxygen atoms in total. The summed E-state index contributed by atoms with van der Waals surface area (Å²) in [5.74, 6) is -2.17. The first kappa shape index (κ1) is 13.3. The van der Waals surface area contributed by atoms with Gasteiger partial charge < -0.3 is 5.11 Å². The van der Waals surface area contributed by atoms with Gasteiger partial charge in [0.25, 0.3) is 0 Å². The van der Waals surface area contributed by atoms with E-state index < -0.39 is 11.9 Å². The van der Waals surface area contributed by atoms with E-state index in [9.17, 15) is 14.0 Å². The van der Waals surface area contributed by atoms with Gasteiger partial charge in [0, 0.05) is 6.42 Å². The van der Waals surface area contributed by atoms with Gasteiger partial charge in [0.2, 0.25) is 0 Å². The Labute approximate surface area is 116 Å². The molecule has 1 aromatic rings. The zero-order valence-corrected chi connectivity index (χ0v) is 11.2. The zero-order chi connectivity index (χ0) is 14.3. The summed E-state index contributed by atoms with van der Waals surface area (Å²) in [7, 11) is 0. The SMILES string of the molecule is O=C(O)C1CC[C@@]2(CCc3c(F)cccc3C2)CC1=O. The number of hydrogen-bond donors (Lipinski definition) is 1. The van der Waals surface area contributed by atoms with Gasteiger partial charge in [-0.2, -0.15) is 0 Å². The molecule has 0 aromatic heterocycles. The third-order valence-corrected chi connectivity index (χ3v) is 4.89. The molecule has 20 heavy (non-hydrogen) atoms. The van der Waals surface area contributed by atoms with Gasteiger partial charge in [0.05, 0.1) is 0 Å². The van der Waals surface area contributed by atoms with E-state index in [0.717, 1.165) is 24.0 Å². The first-order chi connectivity index (χ1) is 9.51. The second kappa shape index (κ2) is 4.69. The summed E-state index contributed by atoms with van der Waals surface area (Å²) in [6, 6.07) is 5.11. The lowest BCUT2D eigenvalue weighted by Gasteiger charge is -2.42. The summed E-state index contributed by atoms with van der Waals surface area (Å²) < 4.78 is 13.7. The van der Waals surface area contributed by atoms with Crippen LogP contribution >= 0.6 is 0 Å². The summed E-state index contributed by atoms with van der Waals surface area (Å²) in [6.07, 6.45) is 3.59. The Morgan fingerprint density at radius 3 is 2.80 bits per heavy atom. The fourth-order valence-corrected chi connectivity index (χ4v) is 3.75. The van der Waals surface area contributed by atoms with Crippen molar-refractivity contribution in [2.75, 3.05) is 0 Å². The van der Waals surface area contributed by atoms with Crippen molar-refractivity contribution >= 4 is 11.8 Å². The molecule has 0 aliphatic heterocycles. The Balaban J connectivity index is 1.83. The Hall–Kier alpha value is -1.71. The van der Waals surface area contributed by atoms with Crippen molar-refractivity contribution in [3.8, 4) is 0 Å². The van der Waals surface area contributed by atoms with E-state index >= 15 is 0 Å². The monoisotopic (exact) mass is 276 g/mol. The predicted molar refractivity (Wildman–Crippen MR) is 70.8 cm³/mol. The summed E-state index contributed by atoms with van der Waals surface area (Å²) in [4.78, 5) is 23.0. The number of benzene rings is 1.